The van der Waals surface area contributed by atoms with E-state index in [0.29, 0.717) is 32.7 Å². The number of aromatic nitrogens is 1. The molecule has 0 saturated carbocycles. The Morgan fingerprint density at radius 3 is 2.77 bits per heavy atom. The first-order chi connectivity index (χ1) is 14.5. The number of hydrogen-bond donors (Lipinski definition) is 1. The fourth-order valence-electron chi connectivity index (χ4n) is 3.66. The van der Waals surface area contributed by atoms with Crippen molar-refractivity contribution in [3.63, 3.8) is 0 Å². The number of nitrogens with one attached hydrogen (secondary N) is 1. The van der Waals surface area contributed by atoms with Gasteiger partial charge in [0.1, 0.15) is 5.00 Å². The highest BCUT2D eigenvalue weighted by atomic mass is 32.1. The summed E-state index contributed by atoms with van der Waals surface area (Å²) in [6.45, 7) is 1.33. The van der Waals surface area contributed by atoms with Crippen LogP contribution in [-0.4, -0.2) is 36.5 Å². The van der Waals surface area contributed by atoms with Gasteiger partial charge in [-0.25, -0.2) is 9.59 Å². The van der Waals surface area contributed by atoms with Crippen molar-refractivity contribution in [3.05, 3.63) is 57.6 Å². The van der Waals surface area contributed by atoms with Crippen LogP contribution in [0.1, 0.15) is 43.3 Å². The molecular weight excluding hydrogens is 404 g/mol. The molecule has 0 atom stereocenters. The molecule has 1 N–H and O–H groups in total. The Morgan fingerprint density at radius 2 is 1.97 bits per heavy atom. The lowest BCUT2D eigenvalue weighted by Crippen LogP contribution is -2.22. The molecule has 0 radical (unpaired) electrons. The number of methoxy groups -OCH3 is 1. The molecule has 3 aromatic rings. The number of benzene rings is 1. The predicted molar refractivity (Wildman–Crippen MR) is 113 cm³/mol. The molecule has 0 fully saturated rings. The Hall–Kier alpha value is -3.26. The number of thiophene rings is 1. The summed E-state index contributed by atoms with van der Waals surface area (Å²) in [6.07, 6.45) is 2.65. The largest absolute Gasteiger partial charge is 0.465 e. The topological polar surface area (TPSA) is 94.6 Å². The Morgan fingerprint density at radius 1 is 1.17 bits per heavy atom. The van der Waals surface area contributed by atoms with Crippen LogP contribution in [0.4, 0.5) is 5.00 Å². The van der Waals surface area contributed by atoms with Crippen LogP contribution in [-0.2, 0) is 27.1 Å². The van der Waals surface area contributed by atoms with Crippen LogP contribution in [0.2, 0.25) is 0 Å². The van der Waals surface area contributed by atoms with E-state index in [9.17, 15) is 14.4 Å². The van der Waals surface area contributed by atoms with Crippen molar-refractivity contribution in [3.8, 4) is 0 Å². The molecule has 7 nitrogen and oxygen atoms in total. The molecule has 0 bridgehead atoms. The van der Waals surface area contributed by atoms with E-state index in [1.54, 1.807) is 19.1 Å². The minimum absolute atomic E-state index is 0.358. The molecule has 30 heavy (non-hydrogen) atoms. The number of rotatable bonds is 5. The number of nitrogens with zero attached hydrogens (tertiary/aromatic N) is 1. The highest BCUT2D eigenvalue weighted by Crippen LogP contribution is 2.39. The summed E-state index contributed by atoms with van der Waals surface area (Å²) in [4.78, 5) is 42.7. The zero-order valence-corrected chi connectivity index (χ0v) is 17.4. The number of pyridine rings is 1. The Balaban J connectivity index is 1.48. The summed E-state index contributed by atoms with van der Waals surface area (Å²) in [5.41, 5.74) is 3.07. The normalized spacial score (nSPS) is 12.5. The van der Waals surface area contributed by atoms with Gasteiger partial charge in [-0.2, -0.15) is 0 Å². The lowest BCUT2D eigenvalue weighted by molar-refractivity contribution is -0.119. The third-order valence-corrected chi connectivity index (χ3v) is 6.17. The number of esters is 2. The van der Waals surface area contributed by atoms with E-state index in [0.717, 1.165) is 29.7 Å². The first-order valence-electron chi connectivity index (χ1n) is 9.54. The second-order valence-corrected chi connectivity index (χ2v) is 8.11. The van der Waals surface area contributed by atoms with Gasteiger partial charge in [-0.3, -0.25) is 9.78 Å². The maximum Gasteiger partial charge on any atom is 0.341 e. The van der Waals surface area contributed by atoms with Gasteiger partial charge in [0, 0.05) is 16.0 Å². The smallest absolute Gasteiger partial charge is 0.341 e. The minimum atomic E-state index is -0.603. The highest BCUT2D eigenvalue weighted by molar-refractivity contribution is 7.17. The van der Waals surface area contributed by atoms with Crippen LogP contribution in [0.25, 0.3) is 10.9 Å². The van der Waals surface area contributed by atoms with Gasteiger partial charge < -0.3 is 14.8 Å². The Bertz CT molecular complexity index is 1170. The first kappa shape index (κ1) is 20.0. The van der Waals surface area contributed by atoms with Gasteiger partial charge in [0.05, 0.1) is 23.8 Å². The molecule has 0 aliphatic heterocycles. The zero-order chi connectivity index (χ0) is 21.3. The van der Waals surface area contributed by atoms with Gasteiger partial charge in [-0.05, 0) is 43.9 Å². The Labute approximate surface area is 177 Å². The molecule has 1 aliphatic carbocycles. The molecule has 1 aliphatic rings. The lowest BCUT2D eigenvalue weighted by atomic mass is 10.1. The fraction of sp³-hybridized carbons (Fsp3) is 0.273. The van der Waals surface area contributed by atoms with Crippen molar-refractivity contribution in [1.29, 1.82) is 0 Å². The lowest BCUT2D eigenvalue weighted by Gasteiger charge is -2.09. The molecule has 1 aromatic carbocycles. The summed E-state index contributed by atoms with van der Waals surface area (Å²) in [5.74, 6) is -1.59. The number of amides is 1. The van der Waals surface area contributed by atoms with Crippen molar-refractivity contribution in [1.82, 2.24) is 4.98 Å². The molecule has 0 saturated heterocycles. The summed E-state index contributed by atoms with van der Waals surface area (Å²) in [7, 11) is 1.32. The van der Waals surface area contributed by atoms with E-state index in [1.807, 2.05) is 18.2 Å². The third kappa shape index (κ3) is 3.78. The second-order valence-electron chi connectivity index (χ2n) is 7.01. The van der Waals surface area contributed by atoms with Gasteiger partial charge >= 0.3 is 11.9 Å². The van der Waals surface area contributed by atoms with Gasteiger partial charge in [0.15, 0.2) is 6.61 Å². The molecule has 154 valence electrons. The van der Waals surface area contributed by atoms with Crippen LogP contribution < -0.4 is 5.32 Å². The number of anilines is 1. The van der Waals surface area contributed by atoms with Crippen molar-refractivity contribution < 1.29 is 23.9 Å². The maximum absolute atomic E-state index is 12.6. The van der Waals surface area contributed by atoms with E-state index in [4.69, 9.17) is 9.47 Å². The van der Waals surface area contributed by atoms with Crippen molar-refractivity contribution in [2.45, 2.75) is 26.2 Å². The van der Waals surface area contributed by atoms with E-state index < -0.39 is 24.5 Å². The first-order valence-corrected chi connectivity index (χ1v) is 10.4. The van der Waals surface area contributed by atoms with Gasteiger partial charge in [0.25, 0.3) is 5.91 Å². The van der Waals surface area contributed by atoms with Crippen LogP contribution in [0, 0.1) is 6.92 Å². The minimum Gasteiger partial charge on any atom is -0.465 e. The maximum atomic E-state index is 12.6. The SMILES string of the molecule is COC(=O)c1c(NC(=O)COC(=O)c2cc(C)nc3ccccc23)sc2c1CCC2. The highest BCUT2D eigenvalue weighted by Gasteiger charge is 2.28. The number of fused-ring (bicyclic) bond motifs is 2. The molecule has 0 unspecified atom stereocenters. The van der Waals surface area contributed by atoms with Crippen molar-refractivity contribution in [2.75, 3.05) is 19.0 Å². The zero-order valence-electron chi connectivity index (χ0n) is 16.6. The third-order valence-electron chi connectivity index (χ3n) is 4.96. The number of carbonyl (C=O) groups excluding carboxylic acids is 3. The van der Waals surface area contributed by atoms with E-state index in [1.165, 1.54) is 18.4 Å². The molecule has 1 amide bonds. The van der Waals surface area contributed by atoms with Crippen molar-refractivity contribution in [2.24, 2.45) is 0 Å². The number of para-hydroxylation sites is 1. The van der Waals surface area contributed by atoms with Crippen LogP contribution in [0.3, 0.4) is 0 Å². The van der Waals surface area contributed by atoms with E-state index >= 15 is 0 Å². The van der Waals surface area contributed by atoms with Gasteiger partial charge in [-0.1, -0.05) is 18.2 Å². The van der Waals surface area contributed by atoms with Crippen LogP contribution in [0.15, 0.2) is 30.3 Å². The van der Waals surface area contributed by atoms with Crippen LogP contribution >= 0.6 is 11.3 Å². The molecule has 2 aromatic heterocycles. The fourth-order valence-corrected chi connectivity index (χ4v) is 4.95. The molecular formula is C22H20N2O5S. The number of carbonyl (C=O) groups is 3. The van der Waals surface area contributed by atoms with Gasteiger partial charge in [-0.15, -0.1) is 11.3 Å². The number of aryl methyl sites for hydroxylation is 2. The molecule has 2 heterocycles. The summed E-state index contributed by atoms with van der Waals surface area (Å²) >= 11 is 1.37. The monoisotopic (exact) mass is 424 g/mol. The number of hydrogen-bond acceptors (Lipinski definition) is 7. The standard InChI is InChI=1S/C22H20N2O5S/c1-12-10-15(13-6-3-4-8-16(13)23-12)21(26)29-11-18(25)24-20-19(22(27)28-2)14-7-5-9-17(14)30-20/h3-4,6,8,10H,5,7,9,11H2,1-2H3,(H,24,25). The van der Waals surface area contributed by atoms with Crippen LogP contribution in [0.5, 0.6) is 0 Å². The molecule has 4 rings (SSSR count). The summed E-state index contributed by atoms with van der Waals surface area (Å²) in [5, 5.41) is 3.81. The van der Waals surface area contributed by atoms with E-state index in [-0.39, 0.29) is 0 Å². The predicted octanol–water partition coefficient (Wildman–Crippen LogP) is 3.68. The summed E-state index contributed by atoms with van der Waals surface area (Å²) in [6, 6.07) is 8.90. The average Bonchev–Trinajstić information content (AvgIpc) is 3.31. The van der Waals surface area contributed by atoms with Crippen molar-refractivity contribution >= 4 is 45.1 Å². The quantitative estimate of drug-likeness (QED) is 0.628. The van der Waals surface area contributed by atoms with E-state index in [2.05, 4.69) is 10.3 Å². The number of ether oxygens (including phenoxy) is 2. The Kier molecular flexibility index (Phi) is 5.50. The summed E-state index contributed by atoms with van der Waals surface area (Å²) < 4.78 is 10.1. The average molecular weight is 424 g/mol. The molecule has 8 heteroatoms. The second kappa shape index (κ2) is 8.23. The molecule has 0 spiro atoms. The van der Waals surface area contributed by atoms with Gasteiger partial charge in [0.2, 0.25) is 0 Å².